The van der Waals surface area contributed by atoms with Gasteiger partial charge in [0.25, 0.3) is 0 Å². The summed E-state index contributed by atoms with van der Waals surface area (Å²) in [6.45, 7) is 12.9. The smallest absolute Gasteiger partial charge is 0.0176 e. The molecule has 0 aliphatic heterocycles. The minimum atomic E-state index is 0.608. The molecule has 0 saturated heterocycles. The lowest BCUT2D eigenvalue weighted by atomic mass is 10.1. The SMILES string of the molecule is C=CC(C)CCN(C)C(=C)C. The van der Waals surface area contributed by atoms with Gasteiger partial charge in [0.2, 0.25) is 0 Å². The highest BCUT2D eigenvalue weighted by molar-refractivity contribution is 4.87. The van der Waals surface area contributed by atoms with E-state index in [2.05, 4.69) is 32.0 Å². The van der Waals surface area contributed by atoms with Gasteiger partial charge < -0.3 is 4.90 Å². The van der Waals surface area contributed by atoms with Gasteiger partial charge in [0, 0.05) is 19.3 Å². The molecule has 0 saturated carbocycles. The van der Waals surface area contributed by atoms with Gasteiger partial charge in [-0.05, 0) is 19.3 Å². The van der Waals surface area contributed by atoms with Crippen molar-refractivity contribution in [1.82, 2.24) is 4.90 Å². The highest BCUT2D eigenvalue weighted by atomic mass is 15.1. The third-order valence-corrected chi connectivity index (χ3v) is 1.97. The first-order chi connectivity index (χ1) is 5.07. The Morgan fingerprint density at radius 1 is 1.64 bits per heavy atom. The van der Waals surface area contributed by atoms with Crippen molar-refractivity contribution in [3.8, 4) is 0 Å². The van der Waals surface area contributed by atoms with Crippen molar-refractivity contribution in [3.05, 3.63) is 24.9 Å². The standard InChI is InChI=1S/C10H19N/c1-6-10(4)7-8-11(5)9(2)3/h6,10H,1-2,7-8H2,3-5H3. The van der Waals surface area contributed by atoms with E-state index in [9.17, 15) is 0 Å². The molecule has 0 radical (unpaired) electrons. The predicted molar refractivity (Wildman–Crippen MR) is 51.4 cm³/mol. The van der Waals surface area contributed by atoms with Crippen molar-refractivity contribution in [2.75, 3.05) is 13.6 Å². The topological polar surface area (TPSA) is 3.24 Å². The summed E-state index contributed by atoms with van der Waals surface area (Å²) in [5.74, 6) is 0.608. The lowest BCUT2D eigenvalue weighted by molar-refractivity contribution is 0.390. The second-order valence-corrected chi connectivity index (χ2v) is 3.16. The molecule has 0 aromatic rings. The molecular formula is C10H19N. The largest absolute Gasteiger partial charge is 0.379 e. The molecule has 0 aliphatic carbocycles. The maximum atomic E-state index is 3.86. The molecule has 1 heteroatoms. The zero-order chi connectivity index (χ0) is 8.85. The fourth-order valence-electron chi connectivity index (χ4n) is 0.706. The third kappa shape index (κ3) is 4.65. The highest BCUT2D eigenvalue weighted by Gasteiger charge is 1.99. The fourth-order valence-corrected chi connectivity index (χ4v) is 0.706. The van der Waals surface area contributed by atoms with Gasteiger partial charge in [-0.15, -0.1) is 6.58 Å². The average Bonchev–Trinajstić information content (AvgIpc) is 1.99. The van der Waals surface area contributed by atoms with Crippen LogP contribution in [0.4, 0.5) is 0 Å². The monoisotopic (exact) mass is 153 g/mol. The molecule has 0 N–H and O–H groups in total. The van der Waals surface area contributed by atoms with E-state index in [0.29, 0.717) is 5.92 Å². The quantitative estimate of drug-likeness (QED) is 0.549. The molecule has 0 aliphatic rings. The molecule has 0 aromatic carbocycles. The molecule has 0 fully saturated rings. The van der Waals surface area contributed by atoms with Crippen LogP contribution in [0.1, 0.15) is 20.3 Å². The second-order valence-electron chi connectivity index (χ2n) is 3.16. The van der Waals surface area contributed by atoms with Crippen LogP contribution >= 0.6 is 0 Å². The molecule has 0 rings (SSSR count). The summed E-state index contributed by atoms with van der Waals surface area (Å²) in [5.41, 5.74) is 1.13. The molecule has 64 valence electrons. The maximum Gasteiger partial charge on any atom is 0.0176 e. The van der Waals surface area contributed by atoms with Crippen LogP contribution in [0, 0.1) is 5.92 Å². The van der Waals surface area contributed by atoms with E-state index in [0.717, 1.165) is 18.7 Å². The van der Waals surface area contributed by atoms with Crippen LogP contribution in [0.2, 0.25) is 0 Å². The average molecular weight is 153 g/mol. The Bertz CT molecular complexity index is 138. The van der Waals surface area contributed by atoms with Crippen LogP contribution < -0.4 is 0 Å². The van der Waals surface area contributed by atoms with Crippen molar-refractivity contribution in [1.29, 1.82) is 0 Å². The summed E-state index contributed by atoms with van der Waals surface area (Å²) >= 11 is 0. The number of allylic oxidation sites excluding steroid dienone is 2. The van der Waals surface area contributed by atoms with E-state index in [-0.39, 0.29) is 0 Å². The van der Waals surface area contributed by atoms with Crippen LogP contribution in [0.5, 0.6) is 0 Å². The van der Waals surface area contributed by atoms with Crippen molar-refractivity contribution in [2.24, 2.45) is 5.92 Å². The molecule has 11 heavy (non-hydrogen) atoms. The summed E-state index contributed by atoms with van der Waals surface area (Å²) in [6.07, 6.45) is 3.15. The summed E-state index contributed by atoms with van der Waals surface area (Å²) in [5, 5.41) is 0. The van der Waals surface area contributed by atoms with Crippen molar-refractivity contribution < 1.29 is 0 Å². The normalized spacial score (nSPS) is 12.3. The van der Waals surface area contributed by atoms with E-state index >= 15 is 0 Å². The predicted octanol–water partition coefficient (Wildman–Crippen LogP) is 2.66. The van der Waals surface area contributed by atoms with Gasteiger partial charge in [-0.3, -0.25) is 0 Å². The Kier molecular flexibility index (Phi) is 4.67. The van der Waals surface area contributed by atoms with Crippen molar-refractivity contribution in [3.63, 3.8) is 0 Å². The van der Waals surface area contributed by atoms with Gasteiger partial charge in [0.05, 0.1) is 0 Å². The molecule has 0 amide bonds. The van der Waals surface area contributed by atoms with E-state index in [1.54, 1.807) is 0 Å². The summed E-state index contributed by atoms with van der Waals surface area (Å²) in [7, 11) is 2.07. The minimum absolute atomic E-state index is 0.608. The van der Waals surface area contributed by atoms with Crippen LogP contribution in [0.3, 0.4) is 0 Å². The zero-order valence-corrected chi connectivity index (χ0v) is 7.93. The molecule has 0 aromatic heterocycles. The second kappa shape index (κ2) is 5.00. The third-order valence-electron chi connectivity index (χ3n) is 1.97. The van der Waals surface area contributed by atoms with Gasteiger partial charge in [0.15, 0.2) is 0 Å². The Labute approximate surface area is 70.4 Å². The van der Waals surface area contributed by atoms with Gasteiger partial charge in [-0.25, -0.2) is 0 Å². The van der Waals surface area contributed by atoms with Gasteiger partial charge in [-0.1, -0.05) is 19.6 Å². The molecule has 0 bridgehead atoms. The Hall–Kier alpha value is -0.720. The lowest BCUT2D eigenvalue weighted by Crippen LogP contribution is -2.17. The van der Waals surface area contributed by atoms with Crippen LogP contribution in [-0.2, 0) is 0 Å². The van der Waals surface area contributed by atoms with E-state index < -0.39 is 0 Å². The summed E-state index contributed by atoms with van der Waals surface area (Å²) in [4.78, 5) is 2.17. The van der Waals surface area contributed by atoms with E-state index in [1.807, 2.05) is 13.0 Å². The molecule has 1 nitrogen and oxygen atoms in total. The zero-order valence-electron chi connectivity index (χ0n) is 7.93. The van der Waals surface area contributed by atoms with E-state index in [4.69, 9.17) is 0 Å². The van der Waals surface area contributed by atoms with Crippen LogP contribution in [0.25, 0.3) is 0 Å². The first kappa shape index (κ1) is 10.3. The minimum Gasteiger partial charge on any atom is -0.379 e. The van der Waals surface area contributed by atoms with Gasteiger partial charge in [-0.2, -0.15) is 0 Å². The fraction of sp³-hybridized carbons (Fsp3) is 0.600. The van der Waals surface area contributed by atoms with Crippen molar-refractivity contribution in [2.45, 2.75) is 20.3 Å². The van der Waals surface area contributed by atoms with Crippen molar-refractivity contribution >= 4 is 0 Å². The maximum absolute atomic E-state index is 3.86. The van der Waals surface area contributed by atoms with Gasteiger partial charge >= 0.3 is 0 Å². The molecular weight excluding hydrogens is 134 g/mol. The molecule has 1 unspecified atom stereocenters. The van der Waals surface area contributed by atoms with Gasteiger partial charge in [0.1, 0.15) is 0 Å². The number of rotatable bonds is 5. The molecule has 0 spiro atoms. The molecule has 1 atom stereocenters. The number of hydrogen-bond acceptors (Lipinski definition) is 1. The van der Waals surface area contributed by atoms with Crippen LogP contribution in [0.15, 0.2) is 24.9 Å². The molecule has 0 heterocycles. The first-order valence-corrected chi connectivity index (χ1v) is 4.07. The first-order valence-electron chi connectivity index (χ1n) is 4.07. The Morgan fingerprint density at radius 2 is 2.18 bits per heavy atom. The summed E-state index contributed by atoms with van der Waals surface area (Å²) in [6, 6.07) is 0. The lowest BCUT2D eigenvalue weighted by Gasteiger charge is -2.19. The Balaban J connectivity index is 3.53. The summed E-state index contributed by atoms with van der Waals surface area (Å²) < 4.78 is 0. The number of nitrogens with zero attached hydrogens (tertiary/aromatic N) is 1. The van der Waals surface area contributed by atoms with E-state index in [1.165, 1.54) is 0 Å². The Morgan fingerprint density at radius 3 is 2.55 bits per heavy atom. The number of hydrogen-bond donors (Lipinski definition) is 0. The highest BCUT2D eigenvalue weighted by Crippen LogP contribution is 2.05. The van der Waals surface area contributed by atoms with Crippen LogP contribution in [-0.4, -0.2) is 18.5 Å².